The molecule has 1 N–H and O–H groups in total. The highest BCUT2D eigenvalue weighted by atomic mass is 32.1. The summed E-state index contributed by atoms with van der Waals surface area (Å²) in [7, 11) is 1.60. The van der Waals surface area contributed by atoms with Crippen LogP contribution in [0.3, 0.4) is 0 Å². The lowest BCUT2D eigenvalue weighted by Gasteiger charge is -2.38. The number of nitrogens with zero attached hydrogens (tertiary/aromatic N) is 2. The van der Waals surface area contributed by atoms with Crippen LogP contribution in [0.2, 0.25) is 0 Å². The van der Waals surface area contributed by atoms with Gasteiger partial charge in [0.15, 0.2) is 5.13 Å². The number of nitrogens with one attached hydrogen (secondary N) is 1. The molecule has 3 amide bonds. The molecule has 29 heavy (non-hydrogen) atoms. The highest BCUT2D eigenvalue weighted by Gasteiger charge is 2.56. The lowest BCUT2D eigenvalue weighted by molar-refractivity contribution is -0.140. The van der Waals surface area contributed by atoms with Gasteiger partial charge < -0.3 is 10.1 Å². The van der Waals surface area contributed by atoms with E-state index in [0.717, 1.165) is 28.8 Å². The normalized spacial score (nSPS) is 27.6. The quantitative estimate of drug-likeness (QED) is 0.604. The lowest BCUT2D eigenvalue weighted by atomic mass is 9.63. The number of ether oxygens (including phenoxy) is 1. The van der Waals surface area contributed by atoms with Crippen LogP contribution in [0.1, 0.15) is 19.3 Å². The first-order chi connectivity index (χ1) is 14.0. The molecule has 2 aromatic rings. The molecule has 7 nitrogen and oxygen atoms in total. The maximum absolute atomic E-state index is 12.8. The molecule has 6 rings (SSSR count). The van der Waals surface area contributed by atoms with Crippen molar-refractivity contribution in [2.24, 2.45) is 23.7 Å². The van der Waals surface area contributed by atoms with E-state index in [1.165, 1.54) is 16.2 Å². The van der Waals surface area contributed by atoms with E-state index in [2.05, 4.69) is 22.5 Å². The zero-order valence-corrected chi connectivity index (χ0v) is 16.8. The Kier molecular flexibility index (Phi) is 4.38. The summed E-state index contributed by atoms with van der Waals surface area (Å²) in [5.41, 5.74) is 0.781. The van der Waals surface area contributed by atoms with Crippen molar-refractivity contribution in [1.29, 1.82) is 0 Å². The van der Waals surface area contributed by atoms with Crippen molar-refractivity contribution in [1.82, 2.24) is 9.88 Å². The van der Waals surface area contributed by atoms with E-state index >= 15 is 0 Å². The third kappa shape index (κ3) is 3.02. The van der Waals surface area contributed by atoms with Crippen molar-refractivity contribution in [3.05, 3.63) is 30.4 Å². The molecule has 1 aromatic carbocycles. The highest BCUT2D eigenvalue weighted by Crippen LogP contribution is 2.49. The Morgan fingerprint density at radius 1 is 1.21 bits per heavy atom. The standard InChI is InChI=1S/C21H21N3O4S/c1-28-13-6-7-14-15(10-13)29-21(22-14)23-16(25)8-9-24-19(26)17-11-2-3-12(5-4-11)18(17)20(24)27/h2-3,6-7,10-12,17-18H,4-5,8-9H2,1H3,(H,22,23,25). The van der Waals surface area contributed by atoms with Gasteiger partial charge in [-0.15, -0.1) is 0 Å². The molecule has 3 aliphatic carbocycles. The number of benzene rings is 1. The van der Waals surface area contributed by atoms with Crippen molar-refractivity contribution >= 4 is 44.4 Å². The number of hydrogen-bond acceptors (Lipinski definition) is 6. The minimum atomic E-state index is -0.257. The number of allylic oxidation sites excluding steroid dienone is 2. The molecule has 0 spiro atoms. The van der Waals surface area contributed by atoms with Gasteiger partial charge in [0.1, 0.15) is 5.75 Å². The zero-order valence-electron chi connectivity index (χ0n) is 16.0. The average molecular weight is 411 g/mol. The van der Waals surface area contributed by atoms with E-state index in [9.17, 15) is 14.4 Å². The monoisotopic (exact) mass is 411 g/mol. The fourth-order valence-electron chi connectivity index (χ4n) is 4.84. The molecule has 2 bridgehead atoms. The Bertz CT molecular complexity index is 1010. The maximum atomic E-state index is 12.8. The number of likely N-dealkylation sites (tertiary alicyclic amines) is 1. The summed E-state index contributed by atoms with van der Waals surface area (Å²) in [6.07, 6.45) is 6.20. The second-order valence-corrected chi connectivity index (χ2v) is 8.85. The Hall–Kier alpha value is -2.74. The molecule has 4 atom stereocenters. The number of methoxy groups -OCH3 is 1. The van der Waals surface area contributed by atoms with E-state index in [4.69, 9.17) is 4.74 Å². The van der Waals surface area contributed by atoms with Crippen LogP contribution < -0.4 is 10.1 Å². The van der Waals surface area contributed by atoms with Gasteiger partial charge in [-0.2, -0.15) is 0 Å². The van der Waals surface area contributed by atoms with Crippen LogP contribution in [0.15, 0.2) is 30.4 Å². The number of hydrogen-bond donors (Lipinski definition) is 1. The number of rotatable bonds is 5. The first-order valence-electron chi connectivity index (χ1n) is 9.83. The summed E-state index contributed by atoms with van der Waals surface area (Å²) >= 11 is 1.36. The van der Waals surface area contributed by atoms with Crippen molar-refractivity contribution in [2.75, 3.05) is 19.0 Å². The number of amides is 3. The molecule has 0 radical (unpaired) electrons. The van der Waals surface area contributed by atoms with Crippen LogP contribution in [0.25, 0.3) is 10.2 Å². The van der Waals surface area contributed by atoms with Gasteiger partial charge in [0, 0.05) is 13.0 Å². The topological polar surface area (TPSA) is 88.6 Å². The summed E-state index contributed by atoms with van der Waals surface area (Å²) in [6.45, 7) is 0.120. The van der Waals surface area contributed by atoms with Crippen molar-refractivity contribution in [2.45, 2.75) is 19.3 Å². The minimum Gasteiger partial charge on any atom is -0.497 e. The maximum Gasteiger partial charge on any atom is 0.233 e. The Labute approximate surface area is 171 Å². The fraction of sp³-hybridized carbons (Fsp3) is 0.429. The predicted octanol–water partition coefficient (Wildman–Crippen LogP) is 2.83. The van der Waals surface area contributed by atoms with Gasteiger partial charge in [0.2, 0.25) is 17.7 Å². The third-order valence-corrected chi connectivity index (χ3v) is 7.19. The van der Waals surface area contributed by atoms with Crippen LogP contribution >= 0.6 is 11.3 Å². The molecule has 4 unspecified atom stereocenters. The first kappa shape index (κ1) is 18.3. The first-order valence-corrected chi connectivity index (χ1v) is 10.6. The summed E-state index contributed by atoms with van der Waals surface area (Å²) in [5.74, 6) is 0.127. The minimum absolute atomic E-state index is 0.0684. The lowest BCUT2D eigenvalue weighted by Crippen LogP contribution is -2.38. The van der Waals surface area contributed by atoms with Gasteiger partial charge in [-0.05, 0) is 42.9 Å². The Morgan fingerprint density at radius 2 is 1.90 bits per heavy atom. The highest BCUT2D eigenvalue weighted by molar-refractivity contribution is 7.22. The summed E-state index contributed by atoms with van der Waals surface area (Å²) in [5, 5.41) is 3.27. The fourth-order valence-corrected chi connectivity index (χ4v) is 5.75. The molecular weight excluding hydrogens is 390 g/mol. The van der Waals surface area contributed by atoms with Gasteiger partial charge in [0.05, 0.1) is 29.2 Å². The molecule has 2 fully saturated rings. The van der Waals surface area contributed by atoms with Crippen molar-refractivity contribution < 1.29 is 19.1 Å². The molecule has 150 valence electrons. The number of carbonyl (C=O) groups excluding carboxylic acids is 3. The van der Waals surface area contributed by atoms with Gasteiger partial charge >= 0.3 is 0 Å². The van der Waals surface area contributed by atoms with E-state index in [0.29, 0.717) is 5.13 Å². The number of imide groups is 1. The van der Waals surface area contributed by atoms with Gasteiger partial charge in [-0.3, -0.25) is 19.3 Å². The predicted molar refractivity (Wildman–Crippen MR) is 108 cm³/mol. The van der Waals surface area contributed by atoms with Crippen molar-refractivity contribution in [3.8, 4) is 5.75 Å². The summed E-state index contributed by atoms with van der Waals surface area (Å²) < 4.78 is 6.12. The van der Waals surface area contributed by atoms with Crippen LogP contribution in [0, 0.1) is 23.7 Å². The van der Waals surface area contributed by atoms with Crippen LogP contribution in [-0.2, 0) is 14.4 Å². The van der Waals surface area contributed by atoms with E-state index in [-0.39, 0.29) is 54.4 Å². The van der Waals surface area contributed by atoms with Gasteiger partial charge in [0.25, 0.3) is 0 Å². The van der Waals surface area contributed by atoms with Crippen LogP contribution in [0.4, 0.5) is 5.13 Å². The molecule has 2 heterocycles. The second-order valence-electron chi connectivity index (χ2n) is 7.82. The molecule has 1 aromatic heterocycles. The third-order valence-electron chi connectivity index (χ3n) is 6.26. The molecule has 1 saturated heterocycles. The van der Waals surface area contributed by atoms with E-state index < -0.39 is 0 Å². The Balaban J connectivity index is 1.23. The van der Waals surface area contributed by atoms with Crippen molar-refractivity contribution in [3.63, 3.8) is 0 Å². The number of anilines is 1. The second kappa shape index (κ2) is 6.95. The molecule has 1 aliphatic heterocycles. The average Bonchev–Trinajstić information content (AvgIpc) is 3.26. The van der Waals surface area contributed by atoms with Gasteiger partial charge in [-0.1, -0.05) is 23.5 Å². The summed E-state index contributed by atoms with van der Waals surface area (Å²) in [6, 6.07) is 5.53. The SMILES string of the molecule is COc1ccc2nc(NC(=O)CCN3C(=O)C4C5C=CC(CC5)C4C3=O)sc2c1. The van der Waals surface area contributed by atoms with E-state index in [1.54, 1.807) is 7.11 Å². The van der Waals surface area contributed by atoms with Crippen LogP contribution in [0.5, 0.6) is 5.75 Å². The van der Waals surface area contributed by atoms with Gasteiger partial charge in [-0.25, -0.2) is 4.98 Å². The van der Waals surface area contributed by atoms with E-state index in [1.807, 2.05) is 18.2 Å². The number of aromatic nitrogens is 1. The largest absolute Gasteiger partial charge is 0.497 e. The number of thiazole rings is 1. The number of fused-ring (bicyclic) bond motifs is 2. The Morgan fingerprint density at radius 3 is 2.52 bits per heavy atom. The molecule has 1 saturated carbocycles. The summed E-state index contributed by atoms with van der Waals surface area (Å²) in [4.78, 5) is 43.7. The molecule has 8 heteroatoms. The zero-order chi connectivity index (χ0) is 20.1. The molecule has 4 aliphatic rings. The number of carbonyl (C=O) groups is 3. The smallest absolute Gasteiger partial charge is 0.233 e. The molecular formula is C21H21N3O4S. The van der Waals surface area contributed by atoms with Crippen LogP contribution in [-0.4, -0.2) is 41.3 Å².